The molecule has 0 atom stereocenters. The van der Waals surface area contributed by atoms with Crippen LogP contribution in [0.25, 0.3) is 0 Å². The van der Waals surface area contributed by atoms with Gasteiger partial charge in [-0.05, 0) is 50.1 Å². The topological polar surface area (TPSA) is 84.5 Å². The van der Waals surface area contributed by atoms with E-state index in [2.05, 4.69) is 42.7 Å². The minimum atomic E-state index is -0.680. The second-order valence-corrected chi connectivity index (χ2v) is 7.26. The highest BCUT2D eigenvalue weighted by Gasteiger charge is 2.12. The van der Waals surface area contributed by atoms with Gasteiger partial charge in [-0.15, -0.1) is 11.8 Å². The molecule has 6 nitrogen and oxygen atoms in total. The van der Waals surface area contributed by atoms with Crippen LogP contribution >= 0.6 is 11.8 Å². The number of nitrogens with one attached hydrogen (secondary N) is 2. The van der Waals surface area contributed by atoms with Crippen LogP contribution in [0.5, 0.6) is 0 Å². The lowest BCUT2D eigenvalue weighted by molar-refractivity contribution is -0.123. The Morgan fingerprint density at radius 3 is 2.57 bits per heavy atom. The van der Waals surface area contributed by atoms with Gasteiger partial charge in [0.2, 0.25) is 0 Å². The second kappa shape index (κ2) is 10.5. The fourth-order valence-electron chi connectivity index (χ4n) is 2.49. The van der Waals surface area contributed by atoms with Crippen molar-refractivity contribution in [3.8, 4) is 0 Å². The molecule has 2 rings (SSSR count). The Morgan fingerprint density at radius 1 is 1.07 bits per heavy atom. The van der Waals surface area contributed by atoms with Gasteiger partial charge in [0.15, 0.2) is 6.61 Å². The molecule has 2 aromatic rings. The summed E-state index contributed by atoms with van der Waals surface area (Å²) in [6.45, 7) is 5.75. The maximum Gasteiger partial charge on any atom is 0.338 e. The van der Waals surface area contributed by atoms with Gasteiger partial charge >= 0.3 is 12.0 Å². The zero-order chi connectivity index (χ0) is 20.5. The van der Waals surface area contributed by atoms with Gasteiger partial charge in [-0.25, -0.2) is 9.59 Å². The highest BCUT2D eigenvalue weighted by molar-refractivity contribution is 7.98. The summed E-state index contributed by atoms with van der Waals surface area (Å²) < 4.78 is 4.98. The number of imide groups is 1. The van der Waals surface area contributed by atoms with E-state index in [-0.39, 0.29) is 0 Å². The van der Waals surface area contributed by atoms with Crippen LogP contribution in [-0.2, 0) is 15.3 Å². The third-order valence-corrected chi connectivity index (χ3v) is 5.06. The number of ether oxygens (including phenoxy) is 1. The van der Waals surface area contributed by atoms with E-state index in [0.717, 1.165) is 5.56 Å². The molecular weight excluding hydrogens is 376 g/mol. The van der Waals surface area contributed by atoms with Gasteiger partial charge in [0.05, 0.1) is 5.56 Å². The number of thioether (sulfide) groups is 1. The first-order valence-corrected chi connectivity index (χ1v) is 9.91. The van der Waals surface area contributed by atoms with E-state index in [1.807, 2.05) is 6.07 Å². The zero-order valence-electron chi connectivity index (χ0n) is 16.2. The summed E-state index contributed by atoms with van der Waals surface area (Å²) in [4.78, 5) is 36.2. The van der Waals surface area contributed by atoms with Crippen LogP contribution in [0.15, 0.2) is 47.4 Å². The summed E-state index contributed by atoms with van der Waals surface area (Å²) in [7, 11) is 0. The number of carbonyl (C=O) groups excluding carboxylic acids is 3. The van der Waals surface area contributed by atoms with E-state index in [4.69, 9.17) is 4.74 Å². The fraction of sp³-hybridized carbons (Fsp3) is 0.286. The largest absolute Gasteiger partial charge is 0.452 e. The van der Waals surface area contributed by atoms with Gasteiger partial charge in [-0.3, -0.25) is 10.1 Å². The Morgan fingerprint density at radius 2 is 1.86 bits per heavy atom. The van der Waals surface area contributed by atoms with E-state index in [0.29, 0.717) is 17.9 Å². The molecule has 0 saturated carbocycles. The maximum atomic E-state index is 12.2. The zero-order valence-corrected chi connectivity index (χ0v) is 17.0. The standard InChI is InChI=1S/C21H24N2O4S/c1-4-22-21(26)23-19(24)12-27-20(25)17-7-5-6-16(11-17)13-28-18-9-8-14(2)10-15(18)3/h5-11H,4,12-13H2,1-3H3,(H2,22,23,24,26). The number of urea groups is 1. The number of carbonyl (C=O) groups is 3. The summed E-state index contributed by atoms with van der Waals surface area (Å²) in [5.74, 6) is -0.576. The Kier molecular flexibility index (Phi) is 8.07. The normalized spacial score (nSPS) is 10.2. The second-order valence-electron chi connectivity index (χ2n) is 6.24. The molecule has 7 heteroatoms. The Hall–Kier alpha value is -2.80. The highest BCUT2D eigenvalue weighted by Crippen LogP contribution is 2.27. The van der Waals surface area contributed by atoms with Gasteiger partial charge in [0, 0.05) is 17.2 Å². The van der Waals surface area contributed by atoms with Crippen LogP contribution in [0.1, 0.15) is 34.0 Å². The molecule has 0 radical (unpaired) electrons. The minimum Gasteiger partial charge on any atom is -0.452 e. The van der Waals surface area contributed by atoms with E-state index in [9.17, 15) is 14.4 Å². The molecule has 3 amide bonds. The molecule has 28 heavy (non-hydrogen) atoms. The molecule has 148 valence electrons. The molecule has 0 spiro atoms. The van der Waals surface area contributed by atoms with E-state index < -0.39 is 24.5 Å². The molecule has 0 fully saturated rings. The number of aryl methyl sites for hydroxylation is 2. The summed E-state index contributed by atoms with van der Waals surface area (Å²) in [5, 5.41) is 4.50. The molecule has 0 heterocycles. The fourth-order valence-corrected chi connectivity index (χ4v) is 3.44. The van der Waals surface area contributed by atoms with Crippen LogP contribution in [0, 0.1) is 13.8 Å². The van der Waals surface area contributed by atoms with Gasteiger partial charge in [-0.1, -0.05) is 29.8 Å². The molecule has 2 aromatic carbocycles. The summed E-state index contributed by atoms with van der Waals surface area (Å²) in [5.41, 5.74) is 3.79. The molecular formula is C21H24N2O4S. The van der Waals surface area contributed by atoms with Crippen molar-refractivity contribution in [2.75, 3.05) is 13.2 Å². The van der Waals surface area contributed by atoms with Crippen LogP contribution in [-0.4, -0.2) is 31.1 Å². The average Bonchev–Trinajstić information content (AvgIpc) is 2.66. The number of esters is 1. The predicted molar refractivity (Wildman–Crippen MR) is 109 cm³/mol. The Labute approximate surface area is 169 Å². The average molecular weight is 401 g/mol. The lowest BCUT2D eigenvalue weighted by Gasteiger charge is -2.09. The lowest BCUT2D eigenvalue weighted by Crippen LogP contribution is -2.41. The van der Waals surface area contributed by atoms with Crippen LogP contribution in [0.3, 0.4) is 0 Å². The van der Waals surface area contributed by atoms with Crippen molar-refractivity contribution in [2.45, 2.75) is 31.4 Å². The van der Waals surface area contributed by atoms with Crippen molar-refractivity contribution in [2.24, 2.45) is 0 Å². The van der Waals surface area contributed by atoms with Crippen molar-refractivity contribution in [3.63, 3.8) is 0 Å². The third-order valence-electron chi connectivity index (χ3n) is 3.81. The van der Waals surface area contributed by atoms with Crippen LogP contribution in [0.4, 0.5) is 4.79 Å². The van der Waals surface area contributed by atoms with E-state index >= 15 is 0 Å². The molecule has 2 N–H and O–H groups in total. The van der Waals surface area contributed by atoms with Gasteiger partial charge in [-0.2, -0.15) is 0 Å². The van der Waals surface area contributed by atoms with Crippen molar-refractivity contribution >= 4 is 29.7 Å². The van der Waals surface area contributed by atoms with Gasteiger partial charge in [0.1, 0.15) is 0 Å². The smallest absolute Gasteiger partial charge is 0.338 e. The highest BCUT2D eigenvalue weighted by atomic mass is 32.2. The number of hydrogen-bond donors (Lipinski definition) is 2. The van der Waals surface area contributed by atoms with Crippen molar-refractivity contribution in [1.29, 1.82) is 0 Å². The quantitative estimate of drug-likeness (QED) is 0.548. The number of hydrogen-bond acceptors (Lipinski definition) is 5. The van der Waals surface area contributed by atoms with E-state index in [1.165, 1.54) is 16.0 Å². The van der Waals surface area contributed by atoms with Gasteiger partial charge in [0.25, 0.3) is 5.91 Å². The summed E-state index contributed by atoms with van der Waals surface area (Å²) in [6, 6.07) is 12.8. The molecule has 0 aliphatic rings. The molecule has 0 aromatic heterocycles. The van der Waals surface area contributed by atoms with Crippen molar-refractivity contribution in [1.82, 2.24) is 10.6 Å². The molecule has 0 bridgehead atoms. The maximum absolute atomic E-state index is 12.2. The van der Waals surface area contributed by atoms with Gasteiger partial charge < -0.3 is 10.1 Å². The lowest BCUT2D eigenvalue weighted by atomic mass is 10.1. The molecule has 0 unspecified atom stereocenters. The van der Waals surface area contributed by atoms with Crippen molar-refractivity contribution in [3.05, 3.63) is 64.7 Å². The minimum absolute atomic E-state index is 0.365. The number of amides is 3. The predicted octanol–water partition coefficient (Wildman–Crippen LogP) is 3.60. The first-order valence-electron chi connectivity index (χ1n) is 8.93. The molecule has 0 aliphatic carbocycles. The monoisotopic (exact) mass is 400 g/mol. The van der Waals surface area contributed by atoms with E-state index in [1.54, 1.807) is 36.9 Å². The van der Waals surface area contributed by atoms with Crippen LogP contribution < -0.4 is 10.6 Å². The third kappa shape index (κ3) is 6.74. The first kappa shape index (κ1) is 21.5. The van der Waals surface area contributed by atoms with Crippen LogP contribution in [0.2, 0.25) is 0 Å². The number of benzene rings is 2. The summed E-state index contributed by atoms with van der Waals surface area (Å²) in [6.07, 6.45) is 0. The molecule has 0 aliphatic heterocycles. The SMILES string of the molecule is CCNC(=O)NC(=O)COC(=O)c1cccc(CSc2ccc(C)cc2C)c1. The Bertz CT molecular complexity index is 867. The first-order chi connectivity index (χ1) is 13.4. The Balaban J connectivity index is 1.90. The summed E-state index contributed by atoms with van der Waals surface area (Å²) >= 11 is 1.70. The van der Waals surface area contributed by atoms with Crippen molar-refractivity contribution < 1.29 is 19.1 Å². The number of rotatable bonds is 7. The molecule has 0 saturated heterocycles.